The van der Waals surface area contributed by atoms with E-state index in [4.69, 9.17) is 0 Å². The summed E-state index contributed by atoms with van der Waals surface area (Å²) in [6.07, 6.45) is 0. The van der Waals surface area contributed by atoms with E-state index in [9.17, 15) is 10.5 Å². The van der Waals surface area contributed by atoms with Crippen LogP contribution in [0.15, 0.2) is 158 Å². The van der Waals surface area contributed by atoms with Gasteiger partial charge in [0, 0.05) is 32.8 Å². The molecule has 48 heavy (non-hydrogen) atoms. The van der Waals surface area contributed by atoms with Crippen LogP contribution in [0.2, 0.25) is 0 Å². The van der Waals surface area contributed by atoms with Crippen molar-refractivity contribution in [2.45, 2.75) is 0 Å². The van der Waals surface area contributed by atoms with Crippen LogP contribution >= 0.6 is 0 Å². The summed E-state index contributed by atoms with van der Waals surface area (Å²) in [5, 5.41) is 24.9. The Balaban J connectivity index is 1.15. The molecule has 0 unspecified atom stereocenters. The van der Waals surface area contributed by atoms with Gasteiger partial charge in [0.05, 0.1) is 45.0 Å². The molecule has 0 amide bonds. The van der Waals surface area contributed by atoms with Gasteiger partial charge >= 0.3 is 0 Å². The van der Waals surface area contributed by atoms with Gasteiger partial charge in [0.25, 0.3) is 0 Å². The molecule has 0 bridgehead atoms. The van der Waals surface area contributed by atoms with Gasteiger partial charge in [-0.1, -0.05) is 115 Å². The van der Waals surface area contributed by atoms with Crippen LogP contribution in [0, 0.1) is 22.7 Å². The second-order valence-corrected chi connectivity index (χ2v) is 12.0. The Hall–Kier alpha value is -6.88. The molecular weight excluding hydrogens is 585 g/mol. The Kier molecular flexibility index (Phi) is 6.22. The molecule has 0 atom stereocenters. The highest BCUT2D eigenvalue weighted by Gasteiger charge is 2.18. The first-order valence-corrected chi connectivity index (χ1v) is 15.9. The van der Waals surface area contributed by atoms with Gasteiger partial charge in [-0.2, -0.15) is 10.5 Å². The van der Waals surface area contributed by atoms with E-state index < -0.39 is 0 Å². The number of hydrogen-bond donors (Lipinski definition) is 0. The molecule has 0 saturated carbocycles. The van der Waals surface area contributed by atoms with Gasteiger partial charge in [-0.15, -0.1) is 0 Å². The van der Waals surface area contributed by atoms with E-state index in [1.165, 1.54) is 21.8 Å². The lowest BCUT2D eigenvalue weighted by Gasteiger charge is -2.15. The largest absolute Gasteiger partial charge is 0.309 e. The van der Waals surface area contributed by atoms with E-state index in [2.05, 4.69) is 137 Å². The van der Waals surface area contributed by atoms with Gasteiger partial charge in [-0.05, 0) is 59.2 Å². The van der Waals surface area contributed by atoms with Gasteiger partial charge in [0.15, 0.2) is 0 Å². The number of rotatable bonds is 4. The highest BCUT2D eigenvalue weighted by atomic mass is 15.0. The second-order valence-electron chi connectivity index (χ2n) is 12.0. The Labute approximate surface area is 277 Å². The van der Waals surface area contributed by atoms with Crippen molar-refractivity contribution in [1.82, 2.24) is 9.13 Å². The Morgan fingerprint density at radius 2 is 0.917 bits per heavy atom. The number of fused-ring (bicyclic) bond motifs is 6. The lowest BCUT2D eigenvalue weighted by atomic mass is 9.96. The maximum atomic E-state index is 10.4. The average Bonchev–Trinajstić information content (AvgIpc) is 3.68. The first-order chi connectivity index (χ1) is 23.7. The molecule has 0 fully saturated rings. The zero-order chi connectivity index (χ0) is 32.2. The van der Waals surface area contributed by atoms with Gasteiger partial charge in [0.2, 0.25) is 0 Å². The minimum Gasteiger partial charge on any atom is -0.309 e. The van der Waals surface area contributed by atoms with Gasteiger partial charge < -0.3 is 9.13 Å². The predicted molar refractivity (Wildman–Crippen MR) is 195 cm³/mol. The van der Waals surface area contributed by atoms with Crippen molar-refractivity contribution in [1.29, 1.82) is 10.5 Å². The normalized spacial score (nSPS) is 11.3. The monoisotopic (exact) mass is 610 g/mol. The third kappa shape index (κ3) is 4.07. The van der Waals surface area contributed by atoms with Crippen molar-refractivity contribution < 1.29 is 0 Å². The van der Waals surface area contributed by atoms with E-state index in [1.807, 2.05) is 42.5 Å². The molecule has 4 nitrogen and oxygen atoms in total. The topological polar surface area (TPSA) is 57.4 Å². The van der Waals surface area contributed by atoms with Crippen LogP contribution in [-0.2, 0) is 0 Å². The number of nitrogens with zero attached hydrogens (tertiary/aromatic N) is 4. The summed E-state index contributed by atoms with van der Waals surface area (Å²) in [7, 11) is 0. The summed E-state index contributed by atoms with van der Waals surface area (Å²) in [5.74, 6) is 0. The first-order valence-electron chi connectivity index (χ1n) is 15.9. The average molecular weight is 611 g/mol. The van der Waals surface area contributed by atoms with E-state index in [0.29, 0.717) is 11.1 Å². The molecule has 4 heteroatoms. The van der Waals surface area contributed by atoms with Crippen LogP contribution in [0.1, 0.15) is 11.1 Å². The highest BCUT2D eigenvalue weighted by molar-refractivity contribution is 6.11. The molecule has 2 heterocycles. The fraction of sp³-hybridized carbons (Fsp3) is 0. The molecule has 0 aliphatic rings. The quantitative estimate of drug-likeness (QED) is 0.199. The smallest absolute Gasteiger partial charge is 0.101 e. The van der Waals surface area contributed by atoms with Crippen molar-refractivity contribution in [2.75, 3.05) is 0 Å². The van der Waals surface area contributed by atoms with Crippen molar-refractivity contribution in [3.05, 3.63) is 169 Å². The lowest BCUT2D eigenvalue weighted by Crippen LogP contribution is -1.98. The maximum absolute atomic E-state index is 10.4. The minimum absolute atomic E-state index is 0.575. The van der Waals surface area contributed by atoms with Crippen LogP contribution in [0.5, 0.6) is 0 Å². The van der Waals surface area contributed by atoms with Crippen molar-refractivity contribution in [3.8, 4) is 45.8 Å². The van der Waals surface area contributed by atoms with Crippen LogP contribution in [0.25, 0.3) is 77.2 Å². The lowest BCUT2D eigenvalue weighted by molar-refractivity contribution is 1.17. The van der Waals surface area contributed by atoms with Gasteiger partial charge in [0.1, 0.15) is 6.07 Å². The molecule has 2 aromatic heterocycles. The summed E-state index contributed by atoms with van der Waals surface area (Å²) >= 11 is 0. The zero-order valence-corrected chi connectivity index (χ0v) is 25.8. The third-order valence-corrected chi connectivity index (χ3v) is 9.43. The summed E-state index contributed by atoms with van der Waals surface area (Å²) in [6, 6.07) is 58.9. The van der Waals surface area contributed by atoms with Crippen molar-refractivity contribution in [2.24, 2.45) is 0 Å². The summed E-state index contributed by atoms with van der Waals surface area (Å²) < 4.78 is 4.45. The fourth-order valence-corrected chi connectivity index (χ4v) is 7.32. The summed E-state index contributed by atoms with van der Waals surface area (Å²) in [6.45, 7) is 0. The van der Waals surface area contributed by atoms with Gasteiger partial charge in [-0.3, -0.25) is 0 Å². The number of benzene rings is 7. The zero-order valence-electron chi connectivity index (χ0n) is 25.8. The molecule has 0 saturated heterocycles. The summed E-state index contributed by atoms with van der Waals surface area (Å²) in [5.41, 5.74) is 11.4. The Morgan fingerprint density at radius 1 is 0.396 bits per heavy atom. The van der Waals surface area contributed by atoms with Crippen molar-refractivity contribution >= 4 is 43.6 Å². The Morgan fingerprint density at radius 3 is 1.56 bits per heavy atom. The number of para-hydroxylation sites is 5. The highest BCUT2D eigenvalue weighted by Crippen LogP contribution is 2.38. The molecular formula is C44H26N4. The second kappa shape index (κ2) is 10.9. The number of aromatic nitrogens is 2. The molecule has 7 aromatic carbocycles. The molecule has 0 aliphatic heterocycles. The molecule has 0 radical (unpaired) electrons. The summed E-state index contributed by atoms with van der Waals surface area (Å²) in [4.78, 5) is 0. The minimum atomic E-state index is 0.575. The van der Waals surface area contributed by atoms with E-state index in [-0.39, 0.29) is 0 Å². The van der Waals surface area contributed by atoms with Crippen molar-refractivity contribution in [3.63, 3.8) is 0 Å². The molecule has 0 aliphatic carbocycles. The maximum Gasteiger partial charge on any atom is 0.101 e. The van der Waals surface area contributed by atoms with Crippen LogP contribution in [0.3, 0.4) is 0 Å². The SMILES string of the molecule is N#Cc1cc(-n2c3ccccc3c3cccc(C#N)c32)ccc1-c1ccc(-c2ccccc2-n2c3ccccc3c3ccccc32)cc1. The first kappa shape index (κ1) is 27.4. The van der Waals surface area contributed by atoms with Gasteiger partial charge in [-0.25, -0.2) is 0 Å². The Bertz CT molecular complexity index is 2750. The molecule has 9 aromatic rings. The molecule has 9 rings (SSSR count). The third-order valence-electron chi connectivity index (χ3n) is 9.43. The van der Waals surface area contributed by atoms with Crippen LogP contribution < -0.4 is 0 Å². The van der Waals surface area contributed by atoms with E-state index in [1.54, 1.807) is 0 Å². The number of nitriles is 2. The van der Waals surface area contributed by atoms with Crippen LogP contribution in [-0.4, -0.2) is 9.13 Å². The predicted octanol–water partition coefficient (Wildman–Crippen LogP) is 11.0. The molecule has 222 valence electrons. The van der Waals surface area contributed by atoms with E-state index >= 15 is 0 Å². The van der Waals surface area contributed by atoms with E-state index in [0.717, 1.165) is 55.4 Å². The molecule has 0 spiro atoms. The van der Waals surface area contributed by atoms with Crippen LogP contribution in [0.4, 0.5) is 0 Å². The molecule has 0 N–H and O–H groups in total. The fourth-order valence-electron chi connectivity index (χ4n) is 7.32. The standard InChI is InChI=1S/C44H26N4/c45-27-31-10-9-15-39-38-14-4-6-17-41(38)47(44(31)39)33-24-25-34(32(26-33)28-46)29-20-22-30(23-21-29)35-11-1-5-16-40(35)48-42-18-7-2-12-36(42)37-13-3-8-19-43(37)48/h1-26H. The number of hydrogen-bond acceptors (Lipinski definition) is 2.